The minimum absolute atomic E-state index is 0.494. The van der Waals surface area contributed by atoms with E-state index in [-0.39, 0.29) is 0 Å². The van der Waals surface area contributed by atoms with Gasteiger partial charge in [-0.25, -0.2) is 0 Å². The summed E-state index contributed by atoms with van der Waals surface area (Å²) in [7, 11) is 0. The smallest absolute Gasteiger partial charge is 0.0170 e. The second-order valence-electron chi connectivity index (χ2n) is 12.6. The highest BCUT2D eigenvalue weighted by Gasteiger charge is 2.15. The highest BCUT2D eigenvalue weighted by atomic mass is 32.1. The van der Waals surface area contributed by atoms with E-state index in [1.54, 1.807) is 0 Å². The van der Waals surface area contributed by atoms with Crippen LogP contribution in [0.4, 0.5) is 0 Å². The Bertz CT molecular complexity index is 464. The minimum Gasteiger partial charge on any atom is -0.316 e. The van der Waals surface area contributed by atoms with Crippen LogP contribution in [0.5, 0.6) is 0 Å². The van der Waals surface area contributed by atoms with E-state index in [9.17, 15) is 0 Å². The van der Waals surface area contributed by atoms with Crippen molar-refractivity contribution in [1.29, 1.82) is 0 Å². The number of hydrogen-bond acceptors (Lipinski definition) is 6. The molecule has 0 radical (unpaired) electrons. The molecule has 4 nitrogen and oxygen atoms in total. The molecule has 0 rings (SSSR count). The van der Waals surface area contributed by atoms with Gasteiger partial charge in [-0.2, -0.15) is 25.3 Å². The summed E-state index contributed by atoms with van der Waals surface area (Å²) in [5, 5.41) is 15.3. The van der Waals surface area contributed by atoms with Crippen LogP contribution in [-0.4, -0.2) is 62.9 Å². The van der Waals surface area contributed by atoms with Crippen molar-refractivity contribution in [2.45, 2.75) is 138 Å². The zero-order valence-electron chi connectivity index (χ0n) is 29.5. The van der Waals surface area contributed by atoms with Gasteiger partial charge in [0.05, 0.1) is 0 Å². The zero-order chi connectivity index (χ0) is 31.5. The molecule has 250 valence electrons. The molecule has 0 aromatic carbocycles. The molecule has 6 heteroatoms. The molecule has 0 aliphatic rings. The van der Waals surface area contributed by atoms with Crippen LogP contribution in [0, 0.1) is 35.5 Å². The third-order valence-corrected chi connectivity index (χ3v) is 10.9. The lowest BCUT2D eigenvalue weighted by Gasteiger charge is -2.22. The molecule has 4 N–H and O–H groups in total. The Kier molecular flexibility index (Phi) is 32.5. The molecule has 4 atom stereocenters. The van der Waals surface area contributed by atoms with Gasteiger partial charge in [-0.1, -0.05) is 121 Å². The molecule has 0 saturated carbocycles. The fourth-order valence-corrected chi connectivity index (χ4v) is 7.30. The van der Waals surface area contributed by atoms with Crippen molar-refractivity contribution in [2.24, 2.45) is 35.5 Å². The van der Waals surface area contributed by atoms with Crippen LogP contribution < -0.4 is 21.3 Å². The minimum atomic E-state index is 0.494. The Morgan fingerprint density at radius 2 is 0.659 bits per heavy atom. The summed E-state index contributed by atoms with van der Waals surface area (Å²) in [4.78, 5) is 0. The first kappa shape index (κ1) is 43.7. The van der Waals surface area contributed by atoms with E-state index < -0.39 is 0 Å². The lowest BCUT2D eigenvalue weighted by molar-refractivity contribution is 0.322. The lowest BCUT2D eigenvalue weighted by Crippen LogP contribution is -2.35. The molecular weight excluding hydrogens is 541 g/mol. The van der Waals surface area contributed by atoms with E-state index in [1.807, 2.05) is 0 Å². The normalized spacial score (nSPS) is 14.9. The fourth-order valence-electron chi connectivity index (χ4n) is 6.19. The van der Waals surface area contributed by atoms with Gasteiger partial charge in [-0.05, 0) is 68.1 Å². The third-order valence-electron chi connectivity index (χ3n) is 9.72. The average Bonchev–Trinajstić information content (AvgIpc) is 2.97. The highest BCUT2D eigenvalue weighted by Crippen LogP contribution is 2.20. The predicted octanol–water partition coefficient (Wildman–Crippen LogP) is 8.34. The molecule has 0 spiro atoms. The van der Waals surface area contributed by atoms with Gasteiger partial charge < -0.3 is 21.3 Å². The maximum Gasteiger partial charge on any atom is 0.0170 e. The molecule has 41 heavy (non-hydrogen) atoms. The third kappa shape index (κ3) is 22.7. The van der Waals surface area contributed by atoms with Crippen LogP contribution in [-0.2, 0) is 0 Å². The molecule has 0 amide bonds. The quantitative estimate of drug-likeness (QED) is 0.0414. The van der Waals surface area contributed by atoms with Crippen molar-refractivity contribution >= 4 is 25.3 Å². The van der Waals surface area contributed by atoms with E-state index in [1.165, 1.54) is 57.8 Å². The molecular formula is C35H78N4S2. The number of thiol groups is 2. The van der Waals surface area contributed by atoms with Crippen molar-refractivity contribution in [2.75, 3.05) is 52.4 Å². The van der Waals surface area contributed by atoms with Crippen LogP contribution in [0.1, 0.15) is 127 Å². The van der Waals surface area contributed by atoms with Crippen molar-refractivity contribution in [1.82, 2.24) is 21.3 Å². The van der Waals surface area contributed by atoms with Crippen molar-refractivity contribution in [3.8, 4) is 0 Å². The first-order valence-electron chi connectivity index (χ1n) is 17.9. The molecule has 0 bridgehead atoms. The van der Waals surface area contributed by atoms with Gasteiger partial charge in [0.1, 0.15) is 0 Å². The van der Waals surface area contributed by atoms with Crippen LogP contribution in [0.2, 0.25) is 0 Å². The maximum absolute atomic E-state index is 4.72. The average molecular weight is 619 g/mol. The maximum atomic E-state index is 4.72. The number of rotatable bonds is 27. The van der Waals surface area contributed by atoms with Crippen LogP contribution in [0.25, 0.3) is 0 Å². The summed E-state index contributed by atoms with van der Waals surface area (Å²) in [5.74, 6) is 4.82. The molecule has 0 aliphatic carbocycles. The summed E-state index contributed by atoms with van der Waals surface area (Å²) < 4.78 is 0. The van der Waals surface area contributed by atoms with Gasteiger partial charge in [0.2, 0.25) is 0 Å². The summed E-state index contributed by atoms with van der Waals surface area (Å²) in [6.45, 7) is 31.7. The monoisotopic (exact) mass is 619 g/mol. The summed E-state index contributed by atoms with van der Waals surface area (Å²) in [5.41, 5.74) is 0. The van der Waals surface area contributed by atoms with Gasteiger partial charge in [0, 0.05) is 36.7 Å². The second kappa shape index (κ2) is 30.6. The highest BCUT2D eigenvalue weighted by molar-refractivity contribution is 7.81. The molecule has 0 aromatic rings. The van der Waals surface area contributed by atoms with E-state index in [4.69, 9.17) is 25.3 Å². The Morgan fingerprint density at radius 1 is 0.390 bits per heavy atom. The SMILES string of the molecule is CCC(CC)C(S)CNCCCNC[C@@H](C)C(CC)CC.CCC(CC)C(S)CNCCNC[C@@H](C)C(CC)CC. The van der Waals surface area contributed by atoms with E-state index in [2.05, 4.69) is 90.5 Å². The second-order valence-corrected chi connectivity index (χ2v) is 13.9. The summed E-state index contributed by atoms with van der Waals surface area (Å²) >= 11 is 9.43. The van der Waals surface area contributed by atoms with Gasteiger partial charge >= 0.3 is 0 Å². The Morgan fingerprint density at radius 3 is 0.976 bits per heavy atom. The van der Waals surface area contributed by atoms with Crippen LogP contribution in [0.3, 0.4) is 0 Å². The summed E-state index contributed by atoms with van der Waals surface area (Å²) in [6.07, 6.45) is 11.4. The molecule has 0 heterocycles. The van der Waals surface area contributed by atoms with Gasteiger partial charge in [-0.15, -0.1) is 0 Å². The van der Waals surface area contributed by atoms with Crippen LogP contribution >= 0.6 is 25.3 Å². The zero-order valence-corrected chi connectivity index (χ0v) is 31.3. The van der Waals surface area contributed by atoms with Gasteiger partial charge in [0.15, 0.2) is 0 Å². The van der Waals surface area contributed by atoms with E-state index in [0.717, 1.165) is 87.9 Å². The van der Waals surface area contributed by atoms with Gasteiger partial charge in [-0.3, -0.25) is 0 Å². The number of nitrogens with one attached hydrogen (secondary N) is 4. The van der Waals surface area contributed by atoms with E-state index in [0.29, 0.717) is 10.5 Å². The van der Waals surface area contributed by atoms with Crippen molar-refractivity contribution < 1.29 is 0 Å². The molecule has 0 aliphatic heterocycles. The summed E-state index contributed by atoms with van der Waals surface area (Å²) in [6, 6.07) is 0. The fraction of sp³-hybridized carbons (Fsp3) is 1.00. The van der Waals surface area contributed by atoms with Crippen molar-refractivity contribution in [3.05, 3.63) is 0 Å². The number of hydrogen-bond donors (Lipinski definition) is 6. The standard InChI is InChI=1S/C18H40N2S.C17H38N2S/c1-6-16(7-2)15(5)13-19-11-10-12-20-14-18(21)17(8-3)9-4;1-6-15(7-2)14(5)12-18-10-11-19-13-17(20)16(8-3)9-4/h15-21H,6-14H2,1-5H3;14-20H,6-13H2,1-5H3/t15-,18?;14-,17?/m11/s1. The van der Waals surface area contributed by atoms with Gasteiger partial charge in [0.25, 0.3) is 0 Å². The topological polar surface area (TPSA) is 48.1 Å². The van der Waals surface area contributed by atoms with Crippen LogP contribution in [0.15, 0.2) is 0 Å². The molecule has 2 unspecified atom stereocenters. The Balaban J connectivity index is 0. The molecule has 0 fully saturated rings. The first-order chi connectivity index (χ1) is 19.7. The van der Waals surface area contributed by atoms with E-state index >= 15 is 0 Å². The lowest BCUT2D eigenvalue weighted by atomic mass is 9.89. The van der Waals surface area contributed by atoms with Crippen molar-refractivity contribution in [3.63, 3.8) is 0 Å². The Hall–Kier alpha value is 0.540. The molecule has 0 aromatic heterocycles. The first-order valence-corrected chi connectivity index (χ1v) is 18.9. The Labute approximate surface area is 271 Å². The molecule has 0 saturated heterocycles. The predicted molar refractivity (Wildman–Crippen MR) is 196 cm³/mol. The largest absolute Gasteiger partial charge is 0.316 e.